The molecule has 1 heterocycles. The normalized spacial score (nSPS) is 10.5. The number of hydrogen-bond acceptors (Lipinski definition) is 2. The molecular formula is C10H4Br2Cl2N2. The molecule has 0 atom stereocenters. The fourth-order valence-corrected chi connectivity index (χ4v) is 2.81. The molecular weight excluding hydrogens is 379 g/mol. The summed E-state index contributed by atoms with van der Waals surface area (Å²) in [5.41, 5.74) is 0.777. The van der Waals surface area contributed by atoms with Gasteiger partial charge in [0, 0.05) is 21.7 Å². The molecule has 2 nitrogen and oxygen atoms in total. The van der Waals surface area contributed by atoms with Crippen LogP contribution in [0.3, 0.4) is 0 Å². The Kier molecular flexibility index (Phi) is 3.85. The molecule has 0 aliphatic rings. The molecule has 6 heteroatoms. The van der Waals surface area contributed by atoms with Gasteiger partial charge in [-0.3, -0.25) is 0 Å². The number of rotatable bonds is 1. The first-order chi connectivity index (χ1) is 7.54. The maximum absolute atomic E-state index is 5.92. The van der Waals surface area contributed by atoms with Gasteiger partial charge in [-0.15, -0.1) is 0 Å². The molecule has 0 N–H and O–H groups in total. The van der Waals surface area contributed by atoms with Crippen molar-refractivity contribution >= 4 is 55.1 Å². The average Bonchev–Trinajstić information content (AvgIpc) is 2.14. The molecule has 1 aromatic heterocycles. The van der Waals surface area contributed by atoms with Crippen LogP contribution in [0.1, 0.15) is 0 Å². The SMILES string of the molecule is Clc1cc(Cl)cc(-c2nc(Br)cc(Br)n2)c1. The summed E-state index contributed by atoms with van der Waals surface area (Å²) in [6.45, 7) is 0. The van der Waals surface area contributed by atoms with Crippen molar-refractivity contribution in [2.45, 2.75) is 0 Å². The molecule has 0 saturated heterocycles. The standard InChI is InChI=1S/C10H4Br2Cl2N2/c11-8-4-9(12)16-10(15-8)5-1-6(13)3-7(14)2-5/h1-4H. The summed E-state index contributed by atoms with van der Waals surface area (Å²) in [7, 11) is 0. The van der Waals surface area contributed by atoms with Crippen LogP contribution in [0, 0.1) is 0 Å². The first-order valence-corrected chi connectivity index (χ1v) is 6.55. The van der Waals surface area contributed by atoms with Gasteiger partial charge in [0.1, 0.15) is 9.21 Å². The highest BCUT2D eigenvalue weighted by molar-refractivity contribution is 9.11. The van der Waals surface area contributed by atoms with Crippen LogP contribution in [0.5, 0.6) is 0 Å². The number of aromatic nitrogens is 2. The van der Waals surface area contributed by atoms with E-state index in [0.717, 1.165) is 5.56 Å². The van der Waals surface area contributed by atoms with Gasteiger partial charge in [0.15, 0.2) is 5.82 Å². The van der Waals surface area contributed by atoms with E-state index in [9.17, 15) is 0 Å². The lowest BCUT2D eigenvalue weighted by atomic mass is 10.2. The van der Waals surface area contributed by atoms with Crippen molar-refractivity contribution in [2.24, 2.45) is 0 Å². The third-order valence-corrected chi connectivity index (χ3v) is 3.03. The van der Waals surface area contributed by atoms with E-state index in [-0.39, 0.29) is 0 Å². The second kappa shape index (κ2) is 5.00. The van der Waals surface area contributed by atoms with E-state index in [1.807, 2.05) is 0 Å². The van der Waals surface area contributed by atoms with E-state index < -0.39 is 0 Å². The molecule has 16 heavy (non-hydrogen) atoms. The minimum atomic E-state index is 0.558. The minimum Gasteiger partial charge on any atom is -0.221 e. The predicted molar refractivity (Wildman–Crippen MR) is 72.9 cm³/mol. The van der Waals surface area contributed by atoms with Crippen LogP contribution >= 0.6 is 55.1 Å². The fraction of sp³-hybridized carbons (Fsp3) is 0. The molecule has 2 aromatic rings. The summed E-state index contributed by atoms with van der Waals surface area (Å²) < 4.78 is 1.39. The molecule has 82 valence electrons. The second-order valence-electron chi connectivity index (χ2n) is 3.00. The Bertz CT molecular complexity index is 456. The van der Waals surface area contributed by atoms with Crippen LogP contribution in [0.2, 0.25) is 10.0 Å². The lowest BCUT2D eigenvalue weighted by Gasteiger charge is -2.03. The van der Waals surface area contributed by atoms with Crippen LogP contribution < -0.4 is 0 Å². The zero-order valence-corrected chi connectivity index (χ0v) is 12.4. The fourth-order valence-electron chi connectivity index (χ4n) is 1.20. The molecule has 1 aromatic carbocycles. The number of hydrogen-bond donors (Lipinski definition) is 0. The van der Waals surface area contributed by atoms with Gasteiger partial charge in [-0.25, -0.2) is 9.97 Å². The lowest BCUT2D eigenvalue weighted by molar-refractivity contribution is 1.12. The highest BCUT2D eigenvalue weighted by atomic mass is 79.9. The zero-order chi connectivity index (χ0) is 11.7. The molecule has 0 amide bonds. The van der Waals surface area contributed by atoms with E-state index >= 15 is 0 Å². The molecule has 0 spiro atoms. The van der Waals surface area contributed by atoms with Gasteiger partial charge in [-0.1, -0.05) is 23.2 Å². The van der Waals surface area contributed by atoms with Gasteiger partial charge in [-0.05, 0) is 50.1 Å². The third kappa shape index (κ3) is 2.94. The Balaban J connectivity index is 2.57. The van der Waals surface area contributed by atoms with Gasteiger partial charge in [0.2, 0.25) is 0 Å². The van der Waals surface area contributed by atoms with Crippen LogP contribution in [-0.4, -0.2) is 9.97 Å². The van der Waals surface area contributed by atoms with Crippen LogP contribution in [0.15, 0.2) is 33.5 Å². The topological polar surface area (TPSA) is 25.8 Å². The van der Waals surface area contributed by atoms with Gasteiger partial charge in [0.05, 0.1) is 0 Å². The summed E-state index contributed by atoms with van der Waals surface area (Å²) in [6.07, 6.45) is 0. The van der Waals surface area contributed by atoms with E-state index in [1.54, 1.807) is 24.3 Å². The third-order valence-electron chi connectivity index (χ3n) is 1.78. The first kappa shape index (κ1) is 12.3. The largest absolute Gasteiger partial charge is 0.221 e. The summed E-state index contributed by atoms with van der Waals surface area (Å²) in [6, 6.07) is 6.96. The molecule has 0 bridgehead atoms. The van der Waals surface area contributed by atoms with Crippen molar-refractivity contribution < 1.29 is 0 Å². The Morgan fingerprint density at radius 1 is 0.812 bits per heavy atom. The van der Waals surface area contributed by atoms with Gasteiger partial charge in [0.25, 0.3) is 0 Å². The molecule has 0 unspecified atom stereocenters. The van der Waals surface area contributed by atoms with Crippen molar-refractivity contribution in [2.75, 3.05) is 0 Å². The molecule has 0 radical (unpaired) electrons. The maximum atomic E-state index is 5.92. The molecule has 0 saturated carbocycles. The van der Waals surface area contributed by atoms with Crippen LogP contribution in [-0.2, 0) is 0 Å². The monoisotopic (exact) mass is 380 g/mol. The molecule has 0 fully saturated rings. The second-order valence-corrected chi connectivity index (χ2v) is 5.49. The number of nitrogens with zero attached hydrogens (tertiary/aromatic N) is 2. The Morgan fingerprint density at radius 3 is 1.81 bits per heavy atom. The summed E-state index contributed by atoms with van der Waals surface area (Å²) in [4.78, 5) is 8.49. The summed E-state index contributed by atoms with van der Waals surface area (Å²) >= 11 is 18.4. The molecule has 2 rings (SSSR count). The minimum absolute atomic E-state index is 0.558. The Labute approximate surface area is 119 Å². The molecule has 0 aliphatic heterocycles. The van der Waals surface area contributed by atoms with Crippen LogP contribution in [0.4, 0.5) is 0 Å². The van der Waals surface area contributed by atoms with Gasteiger partial charge in [-0.2, -0.15) is 0 Å². The molecule has 0 aliphatic carbocycles. The Hall–Kier alpha value is -0.160. The average molecular weight is 383 g/mol. The summed E-state index contributed by atoms with van der Waals surface area (Å²) in [5, 5.41) is 1.12. The first-order valence-electron chi connectivity index (χ1n) is 4.21. The van der Waals surface area contributed by atoms with Crippen molar-refractivity contribution in [1.29, 1.82) is 0 Å². The van der Waals surface area contributed by atoms with E-state index in [2.05, 4.69) is 41.8 Å². The zero-order valence-electron chi connectivity index (χ0n) is 7.72. The number of halogens is 4. The smallest absolute Gasteiger partial charge is 0.161 e. The van der Waals surface area contributed by atoms with E-state index in [4.69, 9.17) is 23.2 Å². The van der Waals surface area contributed by atoms with Gasteiger partial charge >= 0.3 is 0 Å². The van der Waals surface area contributed by atoms with Gasteiger partial charge < -0.3 is 0 Å². The predicted octanol–water partition coefficient (Wildman–Crippen LogP) is 4.98. The lowest BCUT2D eigenvalue weighted by Crippen LogP contribution is -1.90. The summed E-state index contributed by atoms with van der Waals surface area (Å²) in [5.74, 6) is 0.561. The maximum Gasteiger partial charge on any atom is 0.161 e. The highest BCUT2D eigenvalue weighted by Crippen LogP contribution is 2.26. The van der Waals surface area contributed by atoms with Crippen molar-refractivity contribution in [3.05, 3.63) is 43.5 Å². The van der Waals surface area contributed by atoms with E-state index in [0.29, 0.717) is 25.1 Å². The van der Waals surface area contributed by atoms with Crippen molar-refractivity contribution in [1.82, 2.24) is 9.97 Å². The van der Waals surface area contributed by atoms with Crippen molar-refractivity contribution in [3.63, 3.8) is 0 Å². The number of benzene rings is 1. The van der Waals surface area contributed by atoms with Crippen LogP contribution in [0.25, 0.3) is 11.4 Å². The Morgan fingerprint density at radius 2 is 1.31 bits per heavy atom. The van der Waals surface area contributed by atoms with E-state index in [1.165, 1.54) is 0 Å². The highest BCUT2D eigenvalue weighted by Gasteiger charge is 2.06. The van der Waals surface area contributed by atoms with Crippen molar-refractivity contribution in [3.8, 4) is 11.4 Å². The quantitative estimate of drug-likeness (QED) is 0.650.